The van der Waals surface area contributed by atoms with Crippen molar-refractivity contribution in [3.8, 4) is 0 Å². The van der Waals surface area contributed by atoms with E-state index >= 15 is 0 Å². The van der Waals surface area contributed by atoms with Crippen molar-refractivity contribution < 1.29 is 4.79 Å². The quantitative estimate of drug-likeness (QED) is 0.609. The standard InChI is InChI=1S/C8H14N2O.C2H6/c1-6(11)10-5-7-2-3-8(10)4-9-7;1-2/h7-9H,2-5H2,1H3;1-2H3. The second kappa shape index (κ2) is 4.61. The van der Waals surface area contributed by atoms with E-state index < -0.39 is 0 Å². The molecule has 2 unspecified atom stereocenters. The summed E-state index contributed by atoms with van der Waals surface area (Å²) < 4.78 is 0. The first-order chi connectivity index (χ1) is 6.27. The number of carbonyl (C=O) groups excluding carboxylic acids is 1. The fourth-order valence-electron chi connectivity index (χ4n) is 2.09. The van der Waals surface area contributed by atoms with Crippen LogP contribution in [0.4, 0.5) is 0 Å². The molecule has 0 aromatic carbocycles. The Morgan fingerprint density at radius 1 is 1.38 bits per heavy atom. The average molecular weight is 184 g/mol. The van der Waals surface area contributed by atoms with Crippen LogP contribution in [0, 0.1) is 0 Å². The molecule has 1 amide bonds. The number of hydrogen-bond donors (Lipinski definition) is 1. The summed E-state index contributed by atoms with van der Waals surface area (Å²) in [4.78, 5) is 13.1. The van der Waals surface area contributed by atoms with E-state index in [1.165, 1.54) is 12.8 Å². The maximum atomic E-state index is 11.1. The highest BCUT2D eigenvalue weighted by Gasteiger charge is 2.34. The zero-order valence-corrected chi connectivity index (χ0v) is 8.84. The van der Waals surface area contributed by atoms with Crippen molar-refractivity contribution in [2.45, 2.75) is 45.7 Å². The van der Waals surface area contributed by atoms with Gasteiger partial charge < -0.3 is 10.2 Å². The van der Waals surface area contributed by atoms with Crippen LogP contribution in [0.15, 0.2) is 0 Å². The van der Waals surface area contributed by atoms with Gasteiger partial charge in [-0.3, -0.25) is 4.79 Å². The first-order valence-electron chi connectivity index (χ1n) is 5.28. The molecule has 3 fully saturated rings. The van der Waals surface area contributed by atoms with Crippen LogP contribution in [0.5, 0.6) is 0 Å². The molecule has 3 heterocycles. The SMILES string of the molecule is CC.CC(=O)N1CC2CCC1CN2. The highest BCUT2D eigenvalue weighted by molar-refractivity contribution is 5.74. The van der Waals surface area contributed by atoms with E-state index in [4.69, 9.17) is 0 Å². The summed E-state index contributed by atoms with van der Waals surface area (Å²) in [5.41, 5.74) is 0. The summed E-state index contributed by atoms with van der Waals surface area (Å²) in [7, 11) is 0. The molecule has 3 nitrogen and oxygen atoms in total. The number of nitrogens with zero attached hydrogens (tertiary/aromatic N) is 1. The Morgan fingerprint density at radius 3 is 2.31 bits per heavy atom. The molecule has 3 aliphatic rings. The largest absolute Gasteiger partial charge is 0.337 e. The fraction of sp³-hybridized carbons (Fsp3) is 0.900. The summed E-state index contributed by atoms with van der Waals surface area (Å²) >= 11 is 0. The number of hydrogen-bond acceptors (Lipinski definition) is 2. The van der Waals surface area contributed by atoms with Crippen LogP contribution >= 0.6 is 0 Å². The number of piperazine rings is 1. The maximum Gasteiger partial charge on any atom is 0.219 e. The molecular formula is C10H20N2O. The Kier molecular flexibility index (Phi) is 3.72. The van der Waals surface area contributed by atoms with E-state index in [9.17, 15) is 4.79 Å². The minimum absolute atomic E-state index is 0.237. The van der Waals surface area contributed by atoms with E-state index in [0.717, 1.165) is 13.1 Å². The van der Waals surface area contributed by atoms with Crippen molar-refractivity contribution in [1.29, 1.82) is 0 Å². The lowest BCUT2D eigenvalue weighted by Crippen LogP contribution is -2.62. The van der Waals surface area contributed by atoms with Gasteiger partial charge in [0.25, 0.3) is 0 Å². The van der Waals surface area contributed by atoms with Crippen molar-refractivity contribution in [2.24, 2.45) is 0 Å². The molecule has 0 spiro atoms. The van der Waals surface area contributed by atoms with Gasteiger partial charge in [0.15, 0.2) is 0 Å². The lowest BCUT2D eigenvalue weighted by molar-refractivity contribution is -0.134. The molecule has 0 saturated carbocycles. The molecule has 3 rings (SSSR count). The van der Waals surface area contributed by atoms with Crippen molar-refractivity contribution in [3.63, 3.8) is 0 Å². The first kappa shape index (κ1) is 10.5. The Labute approximate surface area is 80.5 Å². The Hall–Kier alpha value is -0.570. The van der Waals surface area contributed by atoms with Gasteiger partial charge in [0, 0.05) is 32.1 Å². The summed E-state index contributed by atoms with van der Waals surface area (Å²) in [6.07, 6.45) is 2.44. The van der Waals surface area contributed by atoms with Gasteiger partial charge in [-0.15, -0.1) is 0 Å². The van der Waals surface area contributed by atoms with E-state index in [1.807, 2.05) is 18.7 Å². The van der Waals surface area contributed by atoms with Gasteiger partial charge in [-0.2, -0.15) is 0 Å². The molecule has 2 bridgehead atoms. The maximum absolute atomic E-state index is 11.1. The second-order valence-electron chi connectivity index (χ2n) is 3.51. The number of amides is 1. The smallest absolute Gasteiger partial charge is 0.219 e. The molecule has 3 heteroatoms. The van der Waals surface area contributed by atoms with Crippen molar-refractivity contribution in [3.05, 3.63) is 0 Å². The summed E-state index contributed by atoms with van der Waals surface area (Å²) in [5.74, 6) is 0.237. The van der Waals surface area contributed by atoms with Crippen LogP contribution in [0.2, 0.25) is 0 Å². The van der Waals surface area contributed by atoms with Crippen molar-refractivity contribution in [2.75, 3.05) is 13.1 Å². The molecule has 2 atom stereocenters. The summed E-state index contributed by atoms with van der Waals surface area (Å²) in [5, 5.41) is 3.41. The monoisotopic (exact) mass is 184 g/mol. The first-order valence-corrected chi connectivity index (χ1v) is 5.28. The third-order valence-corrected chi connectivity index (χ3v) is 2.75. The highest BCUT2D eigenvalue weighted by atomic mass is 16.2. The fourth-order valence-corrected chi connectivity index (χ4v) is 2.09. The molecule has 13 heavy (non-hydrogen) atoms. The average Bonchev–Trinajstić information content (AvgIpc) is 2.22. The minimum Gasteiger partial charge on any atom is -0.337 e. The van der Waals surface area contributed by atoms with Gasteiger partial charge in [-0.05, 0) is 12.8 Å². The number of piperidine rings is 2. The number of nitrogens with one attached hydrogen (secondary N) is 1. The molecule has 76 valence electrons. The Morgan fingerprint density at radius 2 is 2.08 bits per heavy atom. The summed E-state index contributed by atoms with van der Waals surface area (Å²) in [6, 6.07) is 1.06. The van der Waals surface area contributed by atoms with E-state index in [0.29, 0.717) is 12.1 Å². The van der Waals surface area contributed by atoms with Gasteiger partial charge in [0.05, 0.1) is 0 Å². The van der Waals surface area contributed by atoms with E-state index in [1.54, 1.807) is 6.92 Å². The van der Waals surface area contributed by atoms with Gasteiger partial charge in [-0.25, -0.2) is 0 Å². The molecule has 0 aromatic rings. The van der Waals surface area contributed by atoms with Gasteiger partial charge in [0.1, 0.15) is 0 Å². The highest BCUT2D eigenvalue weighted by Crippen LogP contribution is 2.21. The Bertz CT molecular complexity index is 174. The molecule has 0 aliphatic carbocycles. The number of carbonyl (C=O) groups is 1. The Balaban J connectivity index is 0.000000396. The van der Waals surface area contributed by atoms with Crippen LogP contribution in [-0.2, 0) is 4.79 Å². The zero-order valence-electron chi connectivity index (χ0n) is 8.84. The number of rotatable bonds is 0. The van der Waals surface area contributed by atoms with Gasteiger partial charge >= 0.3 is 0 Å². The number of fused-ring (bicyclic) bond motifs is 3. The third-order valence-electron chi connectivity index (χ3n) is 2.75. The lowest BCUT2D eigenvalue weighted by Gasteiger charge is -2.45. The molecule has 0 aromatic heterocycles. The predicted molar refractivity (Wildman–Crippen MR) is 53.5 cm³/mol. The molecule has 3 saturated heterocycles. The minimum atomic E-state index is 0.237. The van der Waals surface area contributed by atoms with Crippen molar-refractivity contribution >= 4 is 5.91 Å². The van der Waals surface area contributed by atoms with Crippen LogP contribution < -0.4 is 5.32 Å². The van der Waals surface area contributed by atoms with E-state index in [2.05, 4.69) is 5.32 Å². The molecular weight excluding hydrogens is 164 g/mol. The van der Waals surface area contributed by atoms with E-state index in [-0.39, 0.29) is 5.91 Å². The van der Waals surface area contributed by atoms with Gasteiger partial charge in [-0.1, -0.05) is 13.8 Å². The van der Waals surface area contributed by atoms with Crippen LogP contribution in [0.1, 0.15) is 33.6 Å². The summed E-state index contributed by atoms with van der Waals surface area (Å²) in [6.45, 7) is 7.60. The topological polar surface area (TPSA) is 32.3 Å². The molecule has 0 radical (unpaired) electrons. The second-order valence-corrected chi connectivity index (χ2v) is 3.51. The molecule has 3 aliphatic heterocycles. The third kappa shape index (κ3) is 2.21. The normalized spacial score (nSPS) is 30.8. The van der Waals surface area contributed by atoms with Gasteiger partial charge in [0.2, 0.25) is 5.91 Å². The lowest BCUT2D eigenvalue weighted by atomic mass is 9.93. The van der Waals surface area contributed by atoms with Crippen LogP contribution in [-0.4, -0.2) is 36.0 Å². The molecule has 1 N–H and O–H groups in total. The zero-order chi connectivity index (χ0) is 9.84. The van der Waals surface area contributed by atoms with Crippen LogP contribution in [0.3, 0.4) is 0 Å². The van der Waals surface area contributed by atoms with Crippen LogP contribution in [0.25, 0.3) is 0 Å². The predicted octanol–water partition coefficient (Wildman–Crippen LogP) is 0.995. The van der Waals surface area contributed by atoms with Crippen molar-refractivity contribution in [1.82, 2.24) is 10.2 Å².